The van der Waals surface area contributed by atoms with E-state index in [1.807, 2.05) is 78.9 Å². The first-order valence-electron chi connectivity index (χ1n) is 11.5. The quantitative estimate of drug-likeness (QED) is 0.198. The third kappa shape index (κ3) is 5.12. The second kappa shape index (κ2) is 10.5. The van der Waals surface area contributed by atoms with Crippen molar-refractivity contribution in [1.82, 2.24) is 5.32 Å². The normalized spacial score (nSPS) is 14.5. The molecule has 182 valence electrons. The molecule has 4 aromatic carbocycles. The first-order chi connectivity index (χ1) is 18.0. The summed E-state index contributed by atoms with van der Waals surface area (Å²) in [6.45, 7) is 0. The summed E-state index contributed by atoms with van der Waals surface area (Å²) in [4.78, 5) is 27.7. The van der Waals surface area contributed by atoms with Crippen molar-refractivity contribution < 1.29 is 19.1 Å². The topological polar surface area (TPSA) is 67.9 Å². The number of carbonyl (C=O) groups is 2. The fourth-order valence-corrected chi connectivity index (χ4v) is 4.29. The third-order valence-electron chi connectivity index (χ3n) is 5.82. The second-order valence-corrected chi connectivity index (χ2v) is 8.57. The Bertz CT molecular complexity index is 1510. The van der Waals surface area contributed by atoms with E-state index in [0.717, 1.165) is 11.1 Å². The van der Waals surface area contributed by atoms with Crippen LogP contribution in [0.3, 0.4) is 0 Å². The van der Waals surface area contributed by atoms with Crippen molar-refractivity contribution in [2.75, 3.05) is 12.0 Å². The Morgan fingerprint density at radius 1 is 0.784 bits per heavy atom. The van der Waals surface area contributed by atoms with Crippen molar-refractivity contribution >= 4 is 40.9 Å². The predicted octanol–water partition coefficient (Wildman–Crippen LogP) is 5.99. The molecule has 1 fully saturated rings. The highest BCUT2D eigenvalue weighted by atomic mass is 32.1. The van der Waals surface area contributed by atoms with Crippen LogP contribution in [0.4, 0.5) is 5.69 Å². The average molecular weight is 507 g/mol. The zero-order chi connectivity index (χ0) is 25.8. The summed E-state index contributed by atoms with van der Waals surface area (Å²) < 4.78 is 11.2. The number of methoxy groups -OCH3 is 1. The molecule has 0 aliphatic carbocycles. The summed E-state index contributed by atoms with van der Waals surface area (Å²) in [5.41, 5.74) is 2.97. The van der Waals surface area contributed by atoms with Crippen LogP contribution in [0.2, 0.25) is 0 Å². The zero-order valence-corrected chi connectivity index (χ0v) is 20.7. The van der Waals surface area contributed by atoms with Crippen molar-refractivity contribution in [2.45, 2.75) is 0 Å². The van der Waals surface area contributed by atoms with Gasteiger partial charge in [-0.15, -0.1) is 0 Å². The molecule has 6 nitrogen and oxygen atoms in total. The van der Waals surface area contributed by atoms with Gasteiger partial charge in [0.25, 0.3) is 11.8 Å². The monoisotopic (exact) mass is 506 g/mol. The maximum absolute atomic E-state index is 13.5. The van der Waals surface area contributed by atoms with Gasteiger partial charge in [0.05, 0.1) is 12.8 Å². The maximum Gasteiger partial charge on any atom is 0.270 e. The number of anilines is 1. The van der Waals surface area contributed by atoms with Crippen LogP contribution in [-0.2, 0) is 9.59 Å². The number of hydrogen-bond acceptors (Lipinski definition) is 5. The molecule has 0 saturated carbocycles. The Hall–Kier alpha value is -4.75. The number of hydrogen-bond donors (Lipinski definition) is 1. The number of rotatable bonds is 6. The summed E-state index contributed by atoms with van der Waals surface area (Å²) in [6.07, 6.45) is 1.59. The van der Waals surface area contributed by atoms with E-state index in [9.17, 15) is 9.59 Å². The number of amides is 2. The smallest absolute Gasteiger partial charge is 0.270 e. The average Bonchev–Trinajstić information content (AvgIpc) is 2.93. The second-order valence-electron chi connectivity index (χ2n) is 8.19. The number of para-hydroxylation sites is 1. The van der Waals surface area contributed by atoms with Crippen LogP contribution in [0.1, 0.15) is 5.56 Å². The van der Waals surface area contributed by atoms with Crippen molar-refractivity contribution in [1.29, 1.82) is 0 Å². The molecule has 37 heavy (non-hydrogen) atoms. The highest BCUT2D eigenvalue weighted by Crippen LogP contribution is 2.30. The van der Waals surface area contributed by atoms with Gasteiger partial charge >= 0.3 is 0 Å². The largest absolute Gasteiger partial charge is 0.497 e. The molecule has 0 radical (unpaired) electrons. The van der Waals surface area contributed by atoms with Crippen LogP contribution in [0.5, 0.6) is 17.2 Å². The van der Waals surface area contributed by atoms with Crippen LogP contribution in [0.15, 0.2) is 109 Å². The van der Waals surface area contributed by atoms with Crippen molar-refractivity contribution in [2.24, 2.45) is 0 Å². The zero-order valence-electron chi connectivity index (χ0n) is 19.9. The van der Waals surface area contributed by atoms with Gasteiger partial charge in [0.2, 0.25) is 0 Å². The number of thiocarbonyl (C=S) groups is 1. The number of nitrogens with one attached hydrogen (secondary N) is 1. The van der Waals surface area contributed by atoms with Crippen LogP contribution in [0, 0.1) is 0 Å². The predicted molar refractivity (Wildman–Crippen MR) is 148 cm³/mol. The van der Waals surface area contributed by atoms with Gasteiger partial charge in [-0.25, -0.2) is 0 Å². The van der Waals surface area contributed by atoms with Gasteiger partial charge in [0.1, 0.15) is 22.8 Å². The minimum Gasteiger partial charge on any atom is -0.497 e. The summed E-state index contributed by atoms with van der Waals surface area (Å²) in [5, 5.41) is 2.66. The molecule has 0 bridgehead atoms. The molecule has 5 rings (SSSR count). The lowest BCUT2D eigenvalue weighted by Gasteiger charge is -2.29. The van der Waals surface area contributed by atoms with Crippen molar-refractivity contribution in [3.8, 4) is 28.4 Å². The molecule has 1 aliphatic heterocycles. The molecule has 0 atom stereocenters. The Morgan fingerprint density at radius 2 is 1.46 bits per heavy atom. The molecule has 0 spiro atoms. The van der Waals surface area contributed by atoms with Gasteiger partial charge in [-0.3, -0.25) is 19.8 Å². The molecule has 1 aliphatic rings. The number of benzene rings is 4. The maximum atomic E-state index is 13.5. The van der Waals surface area contributed by atoms with E-state index in [1.165, 1.54) is 4.90 Å². The lowest BCUT2D eigenvalue weighted by Crippen LogP contribution is -2.54. The molecule has 1 N–H and O–H groups in total. The van der Waals surface area contributed by atoms with Gasteiger partial charge in [-0.2, -0.15) is 0 Å². The molecular formula is C30H22N2O4S. The van der Waals surface area contributed by atoms with Crippen LogP contribution in [-0.4, -0.2) is 24.0 Å². The highest BCUT2D eigenvalue weighted by Gasteiger charge is 2.34. The van der Waals surface area contributed by atoms with E-state index in [1.54, 1.807) is 37.5 Å². The van der Waals surface area contributed by atoms with Gasteiger partial charge < -0.3 is 9.47 Å². The van der Waals surface area contributed by atoms with E-state index in [-0.39, 0.29) is 10.7 Å². The molecule has 7 heteroatoms. The number of carbonyl (C=O) groups excluding carboxylic acids is 2. The third-order valence-corrected chi connectivity index (χ3v) is 6.10. The van der Waals surface area contributed by atoms with Crippen molar-refractivity contribution in [3.63, 3.8) is 0 Å². The number of nitrogens with zero attached hydrogens (tertiary/aromatic N) is 1. The van der Waals surface area contributed by atoms with Crippen LogP contribution in [0.25, 0.3) is 17.2 Å². The SMILES string of the molecule is COc1cccc(-c2ccccc2/C=C2\C(=O)NC(=S)N(c3ccc(Oc4ccccc4)cc3)C2=O)c1. The van der Waals surface area contributed by atoms with E-state index in [4.69, 9.17) is 21.7 Å². The van der Waals surface area contributed by atoms with Gasteiger partial charge in [-0.1, -0.05) is 54.6 Å². The molecular weight excluding hydrogens is 484 g/mol. The summed E-state index contributed by atoms with van der Waals surface area (Å²) in [5.74, 6) is 0.966. The Balaban J connectivity index is 1.46. The molecule has 4 aromatic rings. The lowest BCUT2D eigenvalue weighted by atomic mass is 9.97. The van der Waals surface area contributed by atoms with E-state index < -0.39 is 11.8 Å². The summed E-state index contributed by atoms with van der Waals surface area (Å²) >= 11 is 5.35. The lowest BCUT2D eigenvalue weighted by molar-refractivity contribution is -0.122. The molecule has 1 saturated heterocycles. The van der Waals surface area contributed by atoms with Gasteiger partial charge in [0.15, 0.2) is 5.11 Å². The first-order valence-corrected chi connectivity index (χ1v) is 11.9. The Morgan fingerprint density at radius 3 is 2.22 bits per heavy atom. The Labute approximate surface area is 219 Å². The fraction of sp³-hybridized carbons (Fsp3) is 0.0333. The van der Waals surface area contributed by atoms with Crippen LogP contribution < -0.4 is 19.7 Å². The molecule has 1 heterocycles. The summed E-state index contributed by atoms with van der Waals surface area (Å²) in [6, 6.07) is 31.5. The minimum absolute atomic E-state index is 0.0185. The fourth-order valence-electron chi connectivity index (χ4n) is 4.01. The highest BCUT2D eigenvalue weighted by molar-refractivity contribution is 7.80. The van der Waals surface area contributed by atoms with Crippen LogP contribution >= 0.6 is 12.2 Å². The Kier molecular flexibility index (Phi) is 6.78. The van der Waals surface area contributed by atoms with Gasteiger partial charge in [0, 0.05) is 0 Å². The van der Waals surface area contributed by atoms with E-state index in [2.05, 4.69) is 5.32 Å². The summed E-state index contributed by atoms with van der Waals surface area (Å²) in [7, 11) is 1.61. The molecule has 0 aromatic heterocycles. The molecule has 0 unspecified atom stereocenters. The number of ether oxygens (including phenoxy) is 2. The molecule has 2 amide bonds. The van der Waals surface area contributed by atoms with E-state index >= 15 is 0 Å². The van der Waals surface area contributed by atoms with Crippen molar-refractivity contribution in [3.05, 3.63) is 114 Å². The van der Waals surface area contributed by atoms with E-state index in [0.29, 0.717) is 28.5 Å². The standard InChI is InChI=1S/C30H22N2O4S/c1-35-25-12-7-9-20(18-25)26-13-6-5-8-21(26)19-27-28(33)31-30(37)32(29(27)34)22-14-16-24(17-15-22)36-23-10-3-2-4-11-23/h2-19H,1H3,(H,31,33,37)/b27-19+. The van der Waals surface area contributed by atoms with Gasteiger partial charge in [-0.05, 0) is 83.5 Å². The minimum atomic E-state index is -0.546. The first kappa shape index (κ1) is 24.0.